The van der Waals surface area contributed by atoms with Crippen molar-refractivity contribution >= 4 is 17.0 Å². The van der Waals surface area contributed by atoms with Crippen LogP contribution >= 0.6 is 11.3 Å². The number of benzene rings is 2. The number of hydrogen-bond donors (Lipinski definition) is 1. The first-order valence-corrected chi connectivity index (χ1v) is 7.08. The summed E-state index contributed by atoms with van der Waals surface area (Å²) in [5.74, 6) is 0. The molecule has 3 rings (SSSR count). The summed E-state index contributed by atoms with van der Waals surface area (Å²) in [7, 11) is 0. The van der Waals surface area contributed by atoms with Crippen molar-refractivity contribution in [3.8, 4) is 11.3 Å². The largest absolute Gasteiger partial charge is 0.379 e. The van der Waals surface area contributed by atoms with E-state index in [1.807, 2.05) is 36.4 Å². The van der Waals surface area contributed by atoms with Crippen LogP contribution < -0.4 is 5.32 Å². The Labute approximate surface area is 116 Å². The van der Waals surface area contributed by atoms with Crippen LogP contribution in [-0.2, 0) is 6.54 Å². The number of para-hydroxylation sites is 1. The molecule has 2 nitrogen and oxygen atoms in total. The number of hydrogen-bond acceptors (Lipinski definition) is 3. The minimum absolute atomic E-state index is 0.765. The van der Waals surface area contributed by atoms with Crippen LogP contribution in [0.15, 0.2) is 66.0 Å². The summed E-state index contributed by atoms with van der Waals surface area (Å²) < 4.78 is 0. The molecule has 0 aliphatic carbocycles. The number of aromatic nitrogens is 1. The molecule has 0 saturated heterocycles. The average Bonchev–Trinajstić information content (AvgIpc) is 2.96. The van der Waals surface area contributed by atoms with E-state index < -0.39 is 0 Å². The molecule has 0 unspecified atom stereocenters. The first kappa shape index (κ1) is 11.9. The molecule has 94 valence electrons. The smallest absolute Gasteiger partial charge is 0.112 e. The van der Waals surface area contributed by atoms with Gasteiger partial charge in [0.15, 0.2) is 0 Å². The molecule has 1 N–H and O–H groups in total. The van der Waals surface area contributed by atoms with Crippen molar-refractivity contribution in [3.63, 3.8) is 0 Å². The first-order chi connectivity index (χ1) is 9.42. The van der Waals surface area contributed by atoms with E-state index in [1.165, 1.54) is 5.56 Å². The molecule has 19 heavy (non-hydrogen) atoms. The first-order valence-electron chi connectivity index (χ1n) is 6.20. The SMILES string of the molecule is c1ccc(NCc2nc(-c3ccccc3)cs2)cc1. The van der Waals surface area contributed by atoms with Gasteiger partial charge in [0, 0.05) is 16.6 Å². The van der Waals surface area contributed by atoms with Crippen molar-refractivity contribution in [2.75, 3.05) is 5.32 Å². The van der Waals surface area contributed by atoms with Crippen molar-refractivity contribution in [2.24, 2.45) is 0 Å². The molecule has 0 spiro atoms. The fraction of sp³-hybridized carbons (Fsp3) is 0.0625. The van der Waals surface area contributed by atoms with Crippen LogP contribution in [0.2, 0.25) is 0 Å². The Morgan fingerprint density at radius 3 is 2.32 bits per heavy atom. The van der Waals surface area contributed by atoms with Gasteiger partial charge >= 0.3 is 0 Å². The lowest BCUT2D eigenvalue weighted by Crippen LogP contribution is -1.98. The third-order valence-corrected chi connectivity index (χ3v) is 3.69. The Kier molecular flexibility index (Phi) is 3.56. The monoisotopic (exact) mass is 266 g/mol. The van der Waals surface area contributed by atoms with E-state index in [9.17, 15) is 0 Å². The molecule has 0 atom stereocenters. The lowest BCUT2D eigenvalue weighted by molar-refractivity contribution is 1.11. The van der Waals surface area contributed by atoms with Crippen molar-refractivity contribution in [1.82, 2.24) is 4.98 Å². The van der Waals surface area contributed by atoms with Crippen molar-refractivity contribution < 1.29 is 0 Å². The van der Waals surface area contributed by atoms with Crippen LogP contribution in [-0.4, -0.2) is 4.98 Å². The maximum atomic E-state index is 4.65. The van der Waals surface area contributed by atoms with Crippen LogP contribution in [0.4, 0.5) is 5.69 Å². The highest BCUT2D eigenvalue weighted by atomic mass is 32.1. The fourth-order valence-electron chi connectivity index (χ4n) is 1.87. The Hall–Kier alpha value is -2.13. The van der Waals surface area contributed by atoms with Crippen LogP contribution in [0.3, 0.4) is 0 Å². The summed E-state index contributed by atoms with van der Waals surface area (Å²) in [6.45, 7) is 0.765. The second kappa shape index (κ2) is 5.67. The summed E-state index contributed by atoms with van der Waals surface area (Å²) in [6.07, 6.45) is 0. The van der Waals surface area contributed by atoms with Gasteiger partial charge in [-0.3, -0.25) is 0 Å². The van der Waals surface area contributed by atoms with E-state index >= 15 is 0 Å². The molecule has 1 heterocycles. The molecule has 0 aliphatic heterocycles. The second-order valence-corrected chi connectivity index (χ2v) is 5.15. The predicted octanol–water partition coefficient (Wildman–Crippen LogP) is 4.42. The molecule has 1 aromatic heterocycles. The Morgan fingerprint density at radius 1 is 0.895 bits per heavy atom. The molecule has 0 bridgehead atoms. The lowest BCUT2D eigenvalue weighted by atomic mass is 10.2. The molecule has 2 aromatic carbocycles. The quantitative estimate of drug-likeness (QED) is 0.756. The molecule has 3 aromatic rings. The number of rotatable bonds is 4. The Balaban J connectivity index is 1.69. The van der Waals surface area contributed by atoms with Crippen molar-refractivity contribution in [3.05, 3.63) is 71.1 Å². The summed E-state index contributed by atoms with van der Waals surface area (Å²) >= 11 is 1.69. The van der Waals surface area contributed by atoms with E-state index in [4.69, 9.17) is 0 Å². The topological polar surface area (TPSA) is 24.9 Å². The van der Waals surface area contributed by atoms with Gasteiger partial charge < -0.3 is 5.32 Å². The average molecular weight is 266 g/mol. The molecule has 0 aliphatic rings. The number of nitrogens with zero attached hydrogens (tertiary/aromatic N) is 1. The van der Waals surface area contributed by atoms with Gasteiger partial charge in [-0.1, -0.05) is 48.5 Å². The van der Waals surface area contributed by atoms with Gasteiger partial charge in [-0.15, -0.1) is 11.3 Å². The lowest BCUT2D eigenvalue weighted by Gasteiger charge is -2.02. The van der Waals surface area contributed by atoms with Gasteiger partial charge in [-0.05, 0) is 12.1 Å². The van der Waals surface area contributed by atoms with E-state index in [1.54, 1.807) is 11.3 Å². The Morgan fingerprint density at radius 2 is 1.58 bits per heavy atom. The third-order valence-electron chi connectivity index (χ3n) is 2.84. The zero-order chi connectivity index (χ0) is 12.9. The Bertz CT molecular complexity index is 632. The molecular weight excluding hydrogens is 252 g/mol. The van der Waals surface area contributed by atoms with E-state index in [0.29, 0.717) is 0 Å². The normalized spacial score (nSPS) is 10.3. The maximum absolute atomic E-state index is 4.65. The molecule has 0 fully saturated rings. The zero-order valence-corrected chi connectivity index (χ0v) is 11.2. The van der Waals surface area contributed by atoms with E-state index in [0.717, 1.165) is 22.9 Å². The summed E-state index contributed by atoms with van der Waals surface area (Å²) in [5, 5.41) is 6.58. The van der Waals surface area contributed by atoms with Gasteiger partial charge in [-0.25, -0.2) is 4.98 Å². The molecule has 0 radical (unpaired) electrons. The standard InChI is InChI=1S/C16H14N2S/c1-3-7-13(8-4-1)15-12-19-16(18-15)11-17-14-9-5-2-6-10-14/h1-10,12,17H,11H2. The highest BCUT2D eigenvalue weighted by molar-refractivity contribution is 7.09. The molecular formula is C16H14N2S. The maximum Gasteiger partial charge on any atom is 0.112 e. The van der Waals surface area contributed by atoms with Crippen molar-refractivity contribution in [1.29, 1.82) is 0 Å². The number of thiazole rings is 1. The second-order valence-electron chi connectivity index (χ2n) is 4.21. The third kappa shape index (κ3) is 3.01. The van der Waals surface area contributed by atoms with Crippen LogP contribution in [0.5, 0.6) is 0 Å². The van der Waals surface area contributed by atoms with Crippen LogP contribution in [0.1, 0.15) is 5.01 Å². The van der Waals surface area contributed by atoms with E-state index in [-0.39, 0.29) is 0 Å². The fourth-order valence-corrected chi connectivity index (χ4v) is 2.61. The number of anilines is 1. The predicted molar refractivity (Wildman–Crippen MR) is 81.3 cm³/mol. The highest BCUT2D eigenvalue weighted by Crippen LogP contribution is 2.22. The minimum atomic E-state index is 0.765. The highest BCUT2D eigenvalue weighted by Gasteiger charge is 2.03. The summed E-state index contributed by atoms with van der Waals surface area (Å²) in [4.78, 5) is 4.65. The van der Waals surface area contributed by atoms with Gasteiger partial charge in [0.25, 0.3) is 0 Å². The molecule has 3 heteroatoms. The van der Waals surface area contributed by atoms with E-state index in [2.05, 4.69) is 39.9 Å². The minimum Gasteiger partial charge on any atom is -0.379 e. The number of nitrogens with one attached hydrogen (secondary N) is 1. The summed E-state index contributed by atoms with van der Waals surface area (Å²) in [6, 6.07) is 20.5. The zero-order valence-electron chi connectivity index (χ0n) is 10.4. The van der Waals surface area contributed by atoms with Gasteiger partial charge in [0.2, 0.25) is 0 Å². The van der Waals surface area contributed by atoms with Gasteiger partial charge in [0.05, 0.1) is 12.2 Å². The van der Waals surface area contributed by atoms with Gasteiger partial charge in [-0.2, -0.15) is 0 Å². The summed E-state index contributed by atoms with van der Waals surface area (Å²) in [5.41, 5.74) is 3.35. The molecule has 0 saturated carbocycles. The molecule has 0 amide bonds. The van der Waals surface area contributed by atoms with Crippen molar-refractivity contribution in [2.45, 2.75) is 6.54 Å². The van der Waals surface area contributed by atoms with Crippen LogP contribution in [0.25, 0.3) is 11.3 Å². The van der Waals surface area contributed by atoms with Gasteiger partial charge in [0.1, 0.15) is 5.01 Å². The van der Waals surface area contributed by atoms with Crippen LogP contribution in [0, 0.1) is 0 Å².